The van der Waals surface area contributed by atoms with Gasteiger partial charge in [0, 0.05) is 23.6 Å². The van der Waals surface area contributed by atoms with E-state index in [1.165, 1.54) is 12.1 Å². The molecule has 0 fully saturated rings. The zero-order chi connectivity index (χ0) is 12.9. The molecule has 1 aromatic rings. The molecule has 0 saturated heterocycles. The smallest absolute Gasteiger partial charge is 0.270 e. The monoisotopic (exact) mass is 275 g/mol. The van der Waals surface area contributed by atoms with E-state index < -0.39 is 12.1 Å². The zero-order valence-electron chi connectivity index (χ0n) is 9.63. The molecule has 0 aromatic heterocycles. The van der Waals surface area contributed by atoms with Gasteiger partial charge in [0.2, 0.25) is 0 Å². The first-order valence-corrected chi connectivity index (χ1v) is 8.03. The Morgan fingerprint density at radius 1 is 1.47 bits per heavy atom. The molecule has 0 saturated carbocycles. The molecule has 0 aliphatic rings. The minimum atomic E-state index is -2.67. The average Bonchev–Trinajstić information content (AvgIpc) is 2.36. The van der Waals surface area contributed by atoms with Crippen LogP contribution in [-0.4, -0.2) is 16.7 Å². The molecule has 0 aliphatic heterocycles. The molecule has 17 heavy (non-hydrogen) atoms. The number of nitrogens with zero attached hydrogens (tertiary/aromatic N) is 1. The minimum absolute atomic E-state index is 0.0359. The van der Waals surface area contributed by atoms with E-state index in [4.69, 9.17) is 11.6 Å². The van der Waals surface area contributed by atoms with E-state index >= 15 is 0 Å². The SMILES string of the molecule is CCCC[P@](=O)(CCl)c1cccc([N+](=O)[O-])c1. The molecule has 1 aromatic carbocycles. The van der Waals surface area contributed by atoms with Gasteiger partial charge in [0.15, 0.2) is 0 Å². The van der Waals surface area contributed by atoms with Crippen LogP contribution in [0.2, 0.25) is 0 Å². The van der Waals surface area contributed by atoms with Crippen LogP contribution in [0.3, 0.4) is 0 Å². The number of unbranched alkanes of at least 4 members (excludes halogenated alkanes) is 1. The molecule has 94 valence electrons. The lowest BCUT2D eigenvalue weighted by atomic mass is 10.3. The van der Waals surface area contributed by atoms with Crippen LogP contribution in [0.15, 0.2) is 24.3 Å². The Hall–Kier alpha value is -0.860. The van der Waals surface area contributed by atoms with Gasteiger partial charge in [-0.1, -0.05) is 25.5 Å². The highest BCUT2D eigenvalue weighted by Gasteiger charge is 2.24. The number of hydrogen-bond donors (Lipinski definition) is 0. The van der Waals surface area contributed by atoms with E-state index in [2.05, 4.69) is 0 Å². The number of halogens is 1. The lowest BCUT2D eigenvalue weighted by Crippen LogP contribution is -2.09. The molecular formula is C11H15ClNO3P. The van der Waals surface area contributed by atoms with E-state index in [1.54, 1.807) is 12.1 Å². The summed E-state index contributed by atoms with van der Waals surface area (Å²) in [6.07, 6.45) is 2.25. The number of non-ortho nitro benzene ring substituents is 1. The Morgan fingerprint density at radius 2 is 2.18 bits per heavy atom. The first-order chi connectivity index (χ1) is 8.03. The normalized spacial score (nSPS) is 14.2. The standard InChI is InChI=1S/C11H15ClNO3P/c1-2-3-7-17(16,9-12)11-6-4-5-10(8-11)13(14)15/h4-6,8H,2-3,7,9H2,1H3/t17-/m0/s1. The van der Waals surface area contributed by atoms with E-state index in [1.807, 2.05) is 6.92 Å². The topological polar surface area (TPSA) is 60.2 Å². The van der Waals surface area contributed by atoms with Gasteiger partial charge >= 0.3 is 0 Å². The first kappa shape index (κ1) is 14.2. The van der Waals surface area contributed by atoms with E-state index in [-0.39, 0.29) is 11.3 Å². The van der Waals surface area contributed by atoms with Gasteiger partial charge in [0.25, 0.3) is 5.69 Å². The predicted octanol–water partition coefficient (Wildman–Crippen LogP) is 3.58. The van der Waals surface area contributed by atoms with Crippen molar-refractivity contribution >= 4 is 29.7 Å². The van der Waals surface area contributed by atoms with Gasteiger partial charge in [0.05, 0.1) is 10.5 Å². The summed E-state index contributed by atoms with van der Waals surface area (Å²) in [6.45, 7) is 2.01. The third-order valence-corrected chi connectivity index (χ3v) is 6.38. The van der Waals surface area contributed by atoms with Crippen molar-refractivity contribution in [2.45, 2.75) is 19.8 Å². The van der Waals surface area contributed by atoms with Crippen LogP contribution >= 0.6 is 18.7 Å². The van der Waals surface area contributed by atoms with Gasteiger partial charge in [0.1, 0.15) is 7.14 Å². The minimum Gasteiger partial charge on any atom is -0.317 e. The summed E-state index contributed by atoms with van der Waals surface area (Å²) in [5.41, 5.74) is -0.00177. The van der Waals surface area contributed by atoms with Crippen LogP contribution in [0.4, 0.5) is 5.69 Å². The molecular weight excluding hydrogens is 261 g/mol. The second-order valence-corrected chi connectivity index (χ2v) is 7.56. The Bertz CT molecular complexity index is 450. The lowest BCUT2D eigenvalue weighted by Gasteiger charge is -2.15. The van der Waals surface area contributed by atoms with Crippen LogP contribution in [0, 0.1) is 10.1 Å². The van der Waals surface area contributed by atoms with Crippen molar-refractivity contribution in [3.05, 3.63) is 34.4 Å². The summed E-state index contributed by atoms with van der Waals surface area (Å²) in [7, 11) is -2.67. The number of rotatable bonds is 6. The third kappa shape index (κ3) is 3.55. The Labute approximate surface area is 106 Å². The van der Waals surface area contributed by atoms with Crippen molar-refractivity contribution in [3.63, 3.8) is 0 Å². The van der Waals surface area contributed by atoms with Crippen molar-refractivity contribution in [1.29, 1.82) is 0 Å². The fourth-order valence-electron chi connectivity index (χ4n) is 1.53. The second-order valence-electron chi connectivity index (χ2n) is 3.86. The lowest BCUT2D eigenvalue weighted by molar-refractivity contribution is -0.384. The Morgan fingerprint density at radius 3 is 2.71 bits per heavy atom. The molecule has 0 unspecified atom stereocenters. The molecule has 0 bridgehead atoms. The number of hydrogen-bond acceptors (Lipinski definition) is 3. The molecule has 0 N–H and O–H groups in total. The molecule has 0 heterocycles. The fourth-order valence-corrected chi connectivity index (χ4v) is 4.37. The van der Waals surface area contributed by atoms with Crippen molar-refractivity contribution < 1.29 is 9.49 Å². The van der Waals surface area contributed by atoms with Gasteiger partial charge in [-0.15, -0.1) is 11.6 Å². The molecule has 1 atom stereocenters. The van der Waals surface area contributed by atoms with Crippen molar-refractivity contribution in [2.24, 2.45) is 0 Å². The van der Waals surface area contributed by atoms with Crippen LogP contribution in [0.5, 0.6) is 0 Å². The molecule has 0 amide bonds. The maximum atomic E-state index is 12.6. The van der Waals surface area contributed by atoms with Crippen molar-refractivity contribution in [3.8, 4) is 0 Å². The Kier molecular flexibility index (Phi) is 5.16. The number of alkyl halides is 1. The molecule has 1 rings (SSSR count). The maximum Gasteiger partial charge on any atom is 0.270 e. The summed E-state index contributed by atoms with van der Waals surface area (Å²) >= 11 is 5.78. The summed E-state index contributed by atoms with van der Waals surface area (Å²) in [5, 5.41) is 11.2. The number of benzene rings is 1. The zero-order valence-corrected chi connectivity index (χ0v) is 11.3. The van der Waals surface area contributed by atoms with Crippen molar-refractivity contribution in [2.75, 3.05) is 11.8 Å². The molecule has 0 spiro atoms. The number of nitro groups is 1. The van der Waals surface area contributed by atoms with Gasteiger partial charge in [-0.3, -0.25) is 10.1 Å². The van der Waals surface area contributed by atoms with Crippen LogP contribution < -0.4 is 5.30 Å². The first-order valence-electron chi connectivity index (χ1n) is 5.42. The highest BCUT2D eigenvalue weighted by molar-refractivity contribution is 7.72. The highest BCUT2D eigenvalue weighted by atomic mass is 35.5. The average molecular weight is 276 g/mol. The molecule has 0 radical (unpaired) electrons. The van der Waals surface area contributed by atoms with E-state index in [0.29, 0.717) is 11.5 Å². The summed E-state index contributed by atoms with van der Waals surface area (Å²) in [5.74, 6) is 0. The largest absolute Gasteiger partial charge is 0.317 e. The molecule has 6 heteroatoms. The van der Waals surface area contributed by atoms with Gasteiger partial charge < -0.3 is 4.57 Å². The van der Waals surface area contributed by atoms with E-state index in [9.17, 15) is 14.7 Å². The quantitative estimate of drug-likeness (QED) is 0.345. The molecule has 4 nitrogen and oxygen atoms in total. The number of nitro benzene ring substituents is 1. The second kappa shape index (κ2) is 6.18. The fraction of sp³-hybridized carbons (Fsp3) is 0.455. The van der Waals surface area contributed by atoms with Gasteiger partial charge in [-0.25, -0.2) is 0 Å². The predicted molar refractivity (Wildman–Crippen MR) is 70.8 cm³/mol. The Balaban J connectivity index is 3.07. The van der Waals surface area contributed by atoms with Crippen molar-refractivity contribution in [1.82, 2.24) is 0 Å². The van der Waals surface area contributed by atoms with Crippen LogP contribution in [0.25, 0.3) is 0 Å². The van der Waals surface area contributed by atoms with Crippen LogP contribution in [-0.2, 0) is 4.57 Å². The third-order valence-electron chi connectivity index (χ3n) is 2.58. The summed E-state index contributed by atoms with van der Waals surface area (Å²) in [4.78, 5) is 10.2. The van der Waals surface area contributed by atoms with Gasteiger partial charge in [-0.05, 0) is 6.42 Å². The highest BCUT2D eigenvalue weighted by Crippen LogP contribution is 2.46. The van der Waals surface area contributed by atoms with Crippen LogP contribution in [0.1, 0.15) is 19.8 Å². The molecule has 0 aliphatic carbocycles. The van der Waals surface area contributed by atoms with E-state index in [0.717, 1.165) is 12.8 Å². The van der Waals surface area contributed by atoms with Gasteiger partial charge in [-0.2, -0.15) is 0 Å². The summed E-state index contributed by atoms with van der Waals surface area (Å²) < 4.78 is 12.6. The maximum absolute atomic E-state index is 12.6. The summed E-state index contributed by atoms with van der Waals surface area (Å²) in [6, 6.07) is 5.98.